The maximum absolute atomic E-state index is 5.73. The standard InChI is InChI=1S/C15H24N2O/c1-13-4-3-5-15(12-13)18-11-8-16-14-6-9-17(2)10-7-14/h3-5,12,14,16H,6-11H2,1-2H3. The quantitative estimate of drug-likeness (QED) is 0.807. The van der Waals surface area contributed by atoms with Crippen molar-refractivity contribution in [3.63, 3.8) is 0 Å². The number of hydrogen-bond donors (Lipinski definition) is 1. The summed E-state index contributed by atoms with van der Waals surface area (Å²) in [7, 11) is 2.19. The molecule has 1 heterocycles. The number of ether oxygens (including phenoxy) is 1. The number of likely N-dealkylation sites (tertiary alicyclic amines) is 1. The van der Waals surface area contributed by atoms with Crippen LogP contribution in [0.5, 0.6) is 5.75 Å². The predicted octanol–water partition coefficient (Wildman–Crippen LogP) is 2.06. The molecule has 1 aliphatic rings. The SMILES string of the molecule is Cc1cccc(OCCNC2CCN(C)CC2)c1. The largest absolute Gasteiger partial charge is 0.492 e. The van der Waals surface area contributed by atoms with Gasteiger partial charge in [-0.15, -0.1) is 0 Å². The second-order valence-electron chi connectivity index (χ2n) is 5.20. The molecule has 2 rings (SSSR count). The van der Waals surface area contributed by atoms with Crippen LogP contribution in [0.4, 0.5) is 0 Å². The minimum atomic E-state index is 0.669. The normalized spacial score (nSPS) is 17.9. The zero-order valence-corrected chi connectivity index (χ0v) is 11.5. The Kier molecular flexibility index (Phi) is 5.02. The molecular formula is C15H24N2O. The number of aryl methyl sites for hydroxylation is 1. The first-order chi connectivity index (χ1) is 8.74. The van der Waals surface area contributed by atoms with E-state index in [0.717, 1.165) is 18.9 Å². The molecular weight excluding hydrogens is 224 g/mol. The van der Waals surface area contributed by atoms with Gasteiger partial charge in [0.2, 0.25) is 0 Å². The van der Waals surface area contributed by atoms with Crippen LogP contribution in [0.1, 0.15) is 18.4 Å². The van der Waals surface area contributed by atoms with Gasteiger partial charge in [0.05, 0.1) is 0 Å². The van der Waals surface area contributed by atoms with Crippen LogP contribution >= 0.6 is 0 Å². The van der Waals surface area contributed by atoms with E-state index >= 15 is 0 Å². The first-order valence-electron chi connectivity index (χ1n) is 6.85. The van der Waals surface area contributed by atoms with E-state index in [0.29, 0.717) is 6.04 Å². The molecule has 100 valence electrons. The summed E-state index contributed by atoms with van der Waals surface area (Å²) < 4.78 is 5.73. The minimum absolute atomic E-state index is 0.669. The summed E-state index contributed by atoms with van der Waals surface area (Å²) in [6, 6.07) is 8.89. The van der Waals surface area contributed by atoms with Gasteiger partial charge in [0.1, 0.15) is 12.4 Å². The topological polar surface area (TPSA) is 24.5 Å². The van der Waals surface area contributed by atoms with Crippen LogP contribution in [0.3, 0.4) is 0 Å². The van der Waals surface area contributed by atoms with Gasteiger partial charge in [-0.3, -0.25) is 0 Å². The maximum Gasteiger partial charge on any atom is 0.119 e. The number of rotatable bonds is 5. The van der Waals surface area contributed by atoms with Crippen LogP contribution in [-0.2, 0) is 0 Å². The predicted molar refractivity (Wildman–Crippen MR) is 75.2 cm³/mol. The summed E-state index contributed by atoms with van der Waals surface area (Å²) >= 11 is 0. The van der Waals surface area contributed by atoms with Crippen LogP contribution < -0.4 is 10.1 Å². The van der Waals surface area contributed by atoms with E-state index in [9.17, 15) is 0 Å². The first-order valence-corrected chi connectivity index (χ1v) is 6.85. The van der Waals surface area contributed by atoms with Gasteiger partial charge in [0, 0.05) is 12.6 Å². The highest BCUT2D eigenvalue weighted by Crippen LogP contribution is 2.12. The average molecular weight is 248 g/mol. The van der Waals surface area contributed by atoms with Gasteiger partial charge in [0.25, 0.3) is 0 Å². The third-order valence-corrected chi connectivity index (χ3v) is 3.51. The highest BCUT2D eigenvalue weighted by molar-refractivity contribution is 5.27. The van der Waals surface area contributed by atoms with Crippen LogP contribution in [0.2, 0.25) is 0 Å². The number of benzene rings is 1. The Hall–Kier alpha value is -1.06. The van der Waals surface area contributed by atoms with Crippen molar-refractivity contribution < 1.29 is 4.74 Å². The lowest BCUT2D eigenvalue weighted by Gasteiger charge is -2.29. The molecule has 1 N–H and O–H groups in total. The first kappa shape index (κ1) is 13.4. The van der Waals surface area contributed by atoms with Crippen molar-refractivity contribution in [2.75, 3.05) is 33.3 Å². The Bertz CT molecular complexity index is 359. The Morgan fingerprint density at radius 3 is 2.83 bits per heavy atom. The summed E-state index contributed by atoms with van der Waals surface area (Å²) in [6.45, 7) is 6.18. The van der Waals surface area contributed by atoms with Crippen molar-refractivity contribution in [3.8, 4) is 5.75 Å². The zero-order valence-electron chi connectivity index (χ0n) is 11.5. The highest BCUT2D eigenvalue weighted by atomic mass is 16.5. The van der Waals surface area contributed by atoms with Crippen molar-refractivity contribution in [3.05, 3.63) is 29.8 Å². The summed E-state index contributed by atoms with van der Waals surface area (Å²) in [6.07, 6.45) is 2.50. The van der Waals surface area contributed by atoms with Crippen LogP contribution in [0, 0.1) is 6.92 Å². The monoisotopic (exact) mass is 248 g/mol. The molecule has 1 saturated heterocycles. The second-order valence-corrected chi connectivity index (χ2v) is 5.20. The van der Waals surface area contributed by atoms with Crippen molar-refractivity contribution in [2.45, 2.75) is 25.8 Å². The molecule has 1 aromatic carbocycles. The number of nitrogens with one attached hydrogen (secondary N) is 1. The molecule has 0 aliphatic carbocycles. The van der Waals surface area contributed by atoms with Gasteiger partial charge in [-0.25, -0.2) is 0 Å². The summed E-state index contributed by atoms with van der Waals surface area (Å²) in [5, 5.41) is 3.58. The minimum Gasteiger partial charge on any atom is -0.492 e. The lowest BCUT2D eigenvalue weighted by atomic mass is 10.1. The number of nitrogens with zero attached hydrogens (tertiary/aromatic N) is 1. The third kappa shape index (κ3) is 4.31. The van der Waals surface area contributed by atoms with E-state index in [2.05, 4.69) is 36.3 Å². The highest BCUT2D eigenvalue weighted by Gasteiger charge is 2.15. The van der Waals surface area contributed by atoms with Gasteiger partial charge >= 0.3 is 0 Å². The average Bonchev–Trinajstić information content (AvgIpc) is 2.37. The lowest BCUT2D eigenvalue weighted by Crippen LogP contribution is -2.42. The van der Waals surface area contributed by atoms with Crippen LogP contribution in [-0.4, -0.2) is 44.2 Å². The van der Waals surface area contributed by atoms with E-state index < -0.39 is 0 Å². The molecule has 0 saturated carbocycles. The van der Waals surface area contributed by atoms with Crippen LogP contribution in [0.15, 0.2) is 24.3 Å². The molecule has 0 bridgehead atoms. The van der Waals surface area contributed by atoms with E-state index in [-0.39, 0.29) is 0 Å². The van der Waals surface area contributed by atoms with Crippen molar-refractivity contribution in [1.82, 2.24) is 10.2 Å². The second kappa shape index (κ2) is 6.76. The van der Waals surface area contributed by atoms with Gasteiger partial charge in [-0.1, -0.05) is 12.1 Å². The Morgan fingerprint density at radius 1 is 1.33 bits per heavy atom. The van der Waals surface area contributed by atoms with E-state index in [1.165, 1.54) is 31.5 Å². The maximum atomic E-state index is 5.73. The van der Waals surface area contributed by atoms with Crippen molar-refractivity contribution in [2.24, 2.45) is 0 Å². The molecule has 0 atom stereocenters. The Balaban J connectivity index is 1.61. The summed E-state index contributed by atoms with van der Waals surface area (Å²) in [5.74, 6) is 0.972. The fourth-order valence-electron chi connectivity index (χ4n) is 2.35. The Labute approximate surface area is 110 Å². The lowest BCUT2D eigenvalue weighted by molar-refractivity contribution is 0.224. The zero-order chi connectivity index (χ0) is 12.8. The van der Waals surface area contributed by atoms with Gasteiger partial charge in [-0.05, 0) is 57.6 Å². The Morgan fingerprint density at radius 2 is 2.11 bits per heavy atom. The van der Waals surface area contributed by atoms with Gasteiger partial charge in [-0.2, -0.15) is 0 Å². The van der Waals surface area contributed by atoms with Gasteiger partial charge in [0.15, 0.2) is 0 Å². The van der Waals surface area contributed by atoms with Gasteiger partial charge < -0.3 is 15.0 Å². The summed E-state index contributed by atoms with van der Waals surface area (Å²) in [4.78, 5) is 2.39. The fourth-order valence-corrected chi connectivity index (χ4v) is 2.35. The summed E-state index contributed by atoms with van der Waals surface area (Å²) in [5.41, 5.74) is 1.25. The van der Waals surface area contributed by atoms with E-state index in [1.54, 1.807) is 0 Å². The molecule has 1 aliphatic heterocycles. The molecule has 1 aromatic rings. The molecule has 0 amide bonds. The van der Waals surface area contributed by atoms with Crippen molar-refractivity contribution in [1.29, 1.82) is 0 Å². The molecule has 1 fully saturated rings. The van der Waals surface area contributed by atoms with Crippen molar-refractivity contribution >= 4 is 0 Å². The van der Waals surface area contributed by atoms with E-state index in [4.69, 9.17) is 4.74 Å². The smallest absolute Gasteiger partial charge is 0.119 e. The molecule has 0 radical (unpaired) electrons. The molecule has 3 nitrogen and oxygen atoms in total. The molecule has 0 aromatic heterocycles. The molecule has 0 spiro atoms. The molecule has 0 unspecified atom stereocenters. The van der Waals surface area contributed by atoms with Crippen LogP contribution in [0.25, 0.3) is 0 Å². The number of hydrogen-bond acceptors (Lipinski definition) is 3. The molecule has 18 heavy (non-hydrogen) atoms. The third-order valence-electron chi connectivity index (χ3n) is 3.51. The van der Waals surface area contributed by atoms with E-state index in [1.807, 2.05) is 12.1 Å². The number of piperidine rings is 1. The fraction of sp³-hybridized carbons (Fsp3) is 0.600. The molecule has 3 heteroatoms.